The van der Waals surface area contributed by atoms with Gasteiger partial charge in [-0.2, -0.15) is 0 Å². The normalized spacial score (nSPS) is 21.6. The lowest BCUT2D eigenvalue weighted by Crippen LogP contribution is -2.64. The Balaban J connectivity index is 2.51. The van der Waals surface area contributed by atoms with Crippen molar-refractivity contribution in [2.45, 2.75) is 83.0 Å². The highest BCUT2D eigenvalue weighted by molar-refractivity contribution is 5.99. The number of rotatable bonds is 10. The molecule has 236 valence electrons. The lowest BCUT2D eigenvalue weighted by Gasteiger charge is -2.34. The number of nitrogens with zero attached hydrogens (tertiary/aromatic N) is 1. The molecule has 43 heavy (non-hydrogen) atoms. The van der Waals surface area contributed by atoms with Crippen molar-refractivity contribution in [2.75, 3.05) is 13.1 Å². The van der Waals surface area contributed by atoms with Gasteiger partial charge in [-0.25, -0.2) is 0 Å². The molecule has 0 spiro atoms. The van der Waals surface area contributed by atoms with E-state index in [9.17, 15) is 33.9 Å². The predicted octanol–water partition coefficient (Wildman–Crippen LogP) is -1.67. The van der Waals surface area contributed by atoms with Gasteiger partial charge in [-0.05, 0) is 38.2 Å². The third-order valence-corrected chi connectivity index (χ3v) is 7.22. The minimum atomic E-state index is -1.54. The Morgan fingerprint density at radius 2 is 1.58 bits per heavy atom. The summed E-state index contributed by atoms with van der Waals surface area (Å²) in [5, 5.41) is 22.1. The van der Waals surface area contributed by atoms with Crippen LogP contribution < -0.4 is 38.1 Å². The Morgan fingerprint density at radius 3 is 2.16 bits per heavy atom. The van der Waals surface area contributed by atoms with Crippen LogP contribution >= 0.6 is 0 Å². The molecule has 1 fully saturated rings. The van der Waals surface area contributed by atoms with Gasteiger partial charge in [-0.15, -0.1) is 0 Å². The monoisotopic (exact) mass is 602 g/mol. The van der Waals surface area contributed by atoms with E-state index in [4.69, 9.17) is 11.5 Å². The quantitative estimate of drug-likeness (QED) is 0.0864. The van der Waals surface area contributed by atoms with Crippen molar-refractivity contribution in [3.8, 4) is 0 Å². The first-order valence-corrected chi connectivity index (χ1v) is 14.1. The van der Waals surface area contributed by atoms with Gasteiger partial charge in [-0.3, -0.25) is 33.8 Å². The first kappa shape index (κ1) is 34.5. The molecular formula is C28H42N8O7. The van der Waals surface area contributed by atoms with E-state index < -0.39 is 72.1 Å². The van der Waals surface area contributed by atoms with E-state index in [0.717, 1.165) is 5.56 Å². The highest BCUT2D eigenvalue weighted by Crippen LogP contribution is 2.18. The van der Waals surface area contributed by atoms with Crippen LogP contribution in [0.15, 0.2) is 29.3 Å². The fourth-order valence-electron chi connectivity index (χ4n) is 4.56. The van der Waals surface area contributed by atoms with Crippen LogP contribution in [-0.4, -0.2) is 83.3 Å². The molecule has 3 atom stereocenters. The largest absolute Gasteiger partial charge is 0.481 e. The Morgan fingerprint density at radius 1 is 0.930 bits per heavy atom. The van der Waals surface area contributed by atoms with Crippen molar-refractivity contribution in [1.29, 1.82) is 0 Å². The fraction of sp³-hybridized carbons (Fsp3) is 0.536. The van der Waals surface area contributed by atoms with Crippen molar-refractivity contribution in [1.82, 2.24) is 26.6 Å². The van der Waals surface area contributed by atoms with E-state index in [0.29, 0.717) is 12.0 Å². The number of nitrogens with two attached hydrogens (primary N) is 2. The number of carbonyl (C=O) groups is 6. The van der Waals surface area contributed by atoms with Gasteiger partial charge in [0.1, 0.15) is 23.7 Å². The van der Waals surface area contributed by atoms with Crippen LogP contribution in [0.1, 0.15) is 57.1 Å². The molecule has 15 heteroatoms. The molecule has 1 saturated heterocycles. The lowest BCUT2D eigenvalue weighted by atomic mass is 9.90. The van der Waals surface area contributed by atoms with Crippen LogP contribution in [0.5, 0.6) is 0 Å². The molecule has 1 aromatic carbocycles. The second-order valence-electron chi connectivity index (χ2n) is 10.4. The number of amides is 5. The number of benzene rings is 1. The maximum atomic E-state index is 13.8. The van der Waals surface area contributed by atoms with Crippen LogP contribution in [-0.2, 0) is 35.2 Å². The molecule has 1 aromatic rings. The second kappa shape index (κ2) is 16.1. The predicted molar refractivity (Wildman–Crippen MR) is 157 cm³/mol. The third kappa shape index (κ3) is 10.6. The summed E-state index contributed by atoms with van der Waals surface area (Å²) in [5.41, 5.74) is 10.9. The van der Waals surface area contributed by atoms with Gasteiger partial charge in [0, 0.05) is 13.0 Å². The Kier molecular flexibility index (Phi) is 12.9. The molecule has 15 nitrogen and oxygen atoms in total. The molecule has 0 bridgehead atoms. The number of hydrogen-bond donors (Lipinski definition) is 8. The molecule has 1 heterocycles. The van der Waals surface area contributed by atoms with Crippen LogP contribution in [0.4, 0.5) is 0 Å². The summed E-state index contributed by atoms with van der Waals surface area (Å²) in [7, 11) is 0. The number of carbonyl (C=O) groups excluding carboxylic acids is 5. The Hall–Kier alpha value is -4.69. The van der Waals surface area contributed by atoms with Gasteiger partial charge >= 0.3 is 5.97 Å². The maximum Gasteiger partial charge on any atom is 0.305 e. The minimum absolute atomic E-state index is 0.0180. The number of carboxylic acid groups (broad SMARTS) is 1. The first-order valence-electron chi connectivity index (χ1n) is 14.1. The van der Waals surface area contributed by atoms with Crippen molar-refractivity contribution in [3.63, 3.8) is 0 Å². The van der Waals surface area contributed by atoms with Gasteiger partial charge < -0.3 is 43.2 Å². The van der Waals surface area contributed by atoms with Crippen molar-refractivity contribution < 1.29 is 33.9 Å². The summed E-state index contributed by atoms with van der Waals surface area (Å²) >= 11 is 0. The number of carboxylic acids is 1. The average molecular weight is 603 g/mol. The lowest BCUT2D eigenvalue weighted by molar-refractivity contribution is -0.141. The van der Waals surface area contributed by atoms with Crippen LogP contribution in [0.25, 0.3) is 0 Å². The standard InChI is InChI=1S/C28H42N8O7/c1-4-28(5-2)26(43)35-19(13-17-10-8-16(3)9-11-17)24(41)34-20(14-22(38)39)23(40)32-15-21(37)33-18(25(42)36-28)7-6-12-31-27(29)30/h8-11,18-20H,4-7,12-15H2,1-3H3,(H,32,40)(H,33,37)(H,34,41)(H,35,43)(H,36,42)(H,38,39)(H4,29,30,31)/t18-,19+,20-/m0/s1. The maximum absolute atomic E-state index is 13.8. The summed E-state index contributed by atoms with van der Waals surface area (Å²) in [4.78, 5) is 81.8. The highest BCUT2D eigenvalue weighted by atomic mass is 16.4. The molecule has 0 aliphatic carbocycles. The molecule has 1 aliphatic heterocycles. The van der Waals surface area contributed by atoms with E-state index in [1.807, 2.05) is 19.1 Å². The zero-order valence-electron chi connectivity index (χ0n) is 24.7. The Bertz CT molecular complexity index is 1210. The average Bonchev–Trinajstić information content (AvgIpc) is 2.95. The smallest absolute Gasteiger partial charge is 0.305 e. The number of guanidine groups is 1. The molecule has 0 aromatic heterocycles. The van der Waals surface area contributed by atoms with Gasteiger partial charge in [0.05, 0.1) is 13.0 Å². The van der Waals surface area contributed by atoms with Crippen molar-refractivity contribution in [2.24, 2.45) is 16.5 Å². The summed E-state index contributed by atoms with van der Waals surface area (Å²) < 4.78 is 0. The molecule has 5 amide bonds. The summed E-state index contributed by atoms with van der Waals surface area (Å²) in [6, 6.07) is 3.35. The third-order valence-electron chi connectivity index (χ3n) is 7.22. The minimum Gasteiger partial charge on any atom is -0.481 e. The van der Waals surface area contributed by atoms with Crippen LogP contribution in [0.2, 0.25) is 0 Å². The van der Waals surface area contributed by atoms with E-state index in [-0.39, 0.29) is 38.2 Å². The molecule has 2 rings (SSSR count). The Labute approximate surface area is 250 Å². The highest BCUT2D eigenvalue weighted by Gasteiger charge is 2.40. The molecule has 1 aliphatic rings. The number of aliphatic imine (C=N–C) groups is 1. The van der Waals surface area contributed by atoms with Gasteiger partial charge in [-0.1, -0.05) is 43.7 Å². The van der Waals surface area contributed by atoms with Crippen LogP contribution in [0.3, 0.4) is 0 Å². The number of aliphatic carboxylic acids is 1. The summed E-state index contributed by atoms with van der Waals surface area (Å²) in [6.45, 7) is 4.87. The van der Waals surface area contributed by atoms with Crippen molar-refractivity contribution in [3.05, 3.63) is 35.4 Å². The fourth-order valence-corrected chi connectivity index (χ4v) is 4.56. The molecular weight excluding hydrogens is 560 g/mol. The second-order valence-corrected chi connectivity index (χ2v) is 10.4. The molecule has 0 unspecified atom stereocenters. The van der Waals surface area contributed by atoms with Gasteiger partial charge in [0.2, 0.25) is 29.5 Å². The zero-order valence-corrected chi connectivity index (χ0v) is 24.7. The molecule has 10 N–H and O–H groups in total. The van der Waals surface area contributed by atoms with Gasteiger partial charge in [0.25, 0.3) is 0 Å². The first-order chi connectivity index (χ1) is 20.3. The van der Waals surface area contributed by atoms with E-state index in [2.05, 4.69) is 31.6 Å². The van der Waals surface area contributed by atoms with E-state index in [1.54, 1.807) is 26.0 Å². The summed E-state index contributed by atoms with van der Waals surface area (Å²) in [5.74, 6) is -5.28. The SMILES string of the molecule is CCC1(CC)NC(=O)[C@H](CCCN=C(N)N)NC(=O)CNC(=O)[C@H](CC(=O)O)NC(=O)[C@@H](Cc2ccc(C)cc2)NC1=O. The number of aryl methyl sites for hydroxylation is 1. The molecule has 0 radical (unpaired) electrons. The van der Waals surface area contributed by atoms with E-state index >= 15 is 0 Å². The topological polar surface area (TPSA) is 247 Å². The van der Waals surface area contributed by atoms with Crippen molar-refractivity contribution >= 4 is 41.5 Å². The number of hydrogen-bond acceptors (Lipinski definition) is 7. The van der Waals surface area contributed by atoms with Crippen LogP contribution in [0, 0.1) is 6.92 Å². The zero-order chi connectivity index (χ0) is 32.2. The summed E-state index contributed by atoms with van der Waals surface area (Å²) in [6.07, 6.45) is -0.0502. The van der Waals surface area contributed by atoms with Gasteiger partial charge in [0.15, 0.2) is 5.96 Å². The molecule has 0 saturated carbocycles. The number of nitrogens with one attached hydrogen (secondary N) is 5. The van der Waals surface area contributed by atoms with E-state index in [1.165, 1.54) is 0 Å².